The Morgan fingerprint density at radius 1 is 1.30 bits per heavy atom. The van der Waals surface area contributed by atoms with Crippen LogP contribution in [0, 0.1) is 5.92 Å². The van der Waals surface area contributed by atoms with E-state index in [9.17, 15) is 27.9 Å². The number of amides is 2. The molecule has 1 fully saturated rings. The number of methoxy groups -OCH3 is 2. The van der Waals surface area contributed by atoms with Crippen molar-refractivity contribution in [3.63, 3.8) is 0 Å². The van der Waals surface area contributed by atoms with E-state index in [1.807, 2.05) is 0 Å². The van der Waals surface area contributed by atoms with Crippen LogP contribution in [0.5, 0.6) is 11.5 Å². The molecule has 0 unspecified atom stereocenters. The summed E-state index contributed by atoms with van der Waals surface area (Å²) in [5.74, 6) is -3.41. The fourth-order valence-electron chi connectivity index (χ4n) is 2.95. The Balaban J connectivity index is 2.68. The lowest BCUT2D eigenvalue weighted by molar-refractivity contribution is -0.294. The molecule has 3 N–H and O–H groups in total. The van der Waals surface area contributed by atoms with Gasteiger partial charge in [0.2, 0.25) is 0 Å². The Morgan fingerprint density at radius 3 is 2.48 bits per heavy atom. The van der Waals surface area contributed by atoms with Gasteiger partial charge < -0.3 is 30.0 Å². The highest BCUT2D eigenvalue weighted by atomic mass is 19.4. The second-order valence-electron chi connectivity index (χ2n) is 5.65. The van der Waals surface area contributed by atoms with Crippen molar-refractivity contribution < 1.29 is 42.1 Å². The van der Waals surface area contributed by atoms with Gasteiger partial charge in [-0.15, -0.1) is 0 Å². The summed E-state index contributed by atoms with van der Waals surface area (Å²) in [5, 5.41) is 13.9. The first-order valence-corrected chi connectivity index (χ1v) is 7.86. The third kappa shape index (κ3) is 3.59. The summed E-state index contributed by atoms with van der Waals surface area (Å²) in [4.78, 5) is 24.2. The van der Waals surface area contributed by atoms with Crippen LogP contribution in [0.25, 0.3) is 0 Å². The number of alkyl halides is 3. The maximum absolute atomic E-state index is 13.6. The van der Waals surface area contributed by atoms with Crippen LogP contribution in [0.15, 0.2) is 18.2 Å². The molecule has 1 aromatic carbocycles. The van der Waals surface area contributed by atoms with E-state index >= 15 is 0 Å². The number of carbonyl (C=O) groups excluding carboxylic acids is 2. The van der Waals surface area contributed by atoms with Crippen molar-refractivity contribution in [3.05, 3.63) is 23.8 Å². The molecule has 8 nitrogen and oxygen atoms in total. The predicted octanol–water partition coefficient (Wildman–Crippen LogP) is 1.49. The standard InChI is InChI=1S/C16H19F3N2O6/c1-4-27-13(22)10-11(8-6-5-7-9(25-2)12(8)26-3)20-14(23)21-15(10,24)16(17,18)19/h5-7,10-11,24H,4H2,1-3H3,(H2,20,21,23)/t10-,11-,15-/m0/s1. The largest absolute Gasteiger partial charge is 0.493 e. The Morgan fingerprint density at radius 2 is 1.96 bits per heavy atom. The molecule has 11 heteroatoms. The third-order valence-electron chi connectivity index (χ3n) is 4.12. The molecule has 0 saturated carbocycles. The first-order chi connectivity index (χ1) is 12.6. The van der Waals surface area contributed by atoms with Gasteiger partial charge in [0.1, 0.15) is 5.92 Å². The smallest absolute Gasteiger partial charge is 0.437 e. The number of halogens is 3. The normalized spacial score (nSPS) is 25.2. The first-order valence-electron chi connectivity index (χ1n) is 7.86. The minimum atomic E-state index is -5.35. The minimum absolute atomic E-state index is 0.00558. The summed E-state index contributed by atoms with van der Waals surface area (Å²) in [7, 11) is 2.57. The van der Waals surface area contributed by atoms with Crippen molar-refractivity contribution in [2.24, 2.45) is 5.92 Å². The molecule has 1 aromatic rings. The quantitative estimate of drug-likeness (QED) is 0.656. The van der Waals surface area contributed by atoms with Crippen molar-refractivity contribution in [2.45, 2.75) is 24.9 Å². The number of hydrogen-bond donors (Lipinski definition) is 3. The van der Waals surface area contributed by atoms with Gasteiger partial charge in [0, 0.05) is 5.56 Å². The zero-order chi connectivity index (χ0) is 20.4. The second kappa shape index (κ2) is 7.51. The summed E-state index contributed by atoms with van der Waals surface area (Å²) in [5.41, 5.74) is -3.84. The van der Waals surface area contributed by atoms with Crippen molar-refractivity contribution in [2.75, 3.05) is 20.8 Å². The average Bonchev–Trinajstić information content (AvgIpc) is 2.59. The Hall–Kier alpha value is -2.69. The van der Waals surface area contributed by atoms with Crippen LogP contribution in [0.2, 0.25) is 0 Å². The number of rotatable bonds is 5. The van der Waals surface area contributed by atoms with Gasteiger partial charge in [-0.05, 0) is 13.0 Å². The number of benzene rings is 1. The molecule has 0 spiro atoms. The van der Waals surface area contributed by atoms with Gasteiger partial charge in [-0.2, -0.15) is 13.2 Å². The lowest BCUT2D eigenvalue weighted by Crippen LogP contribution is -2.73. The molecule has 27 heavy (non-hydrogen) atoms. The topological polar surface area (TPSA) is 106 Å². The van der Waals surface area contributed by atoms with E-state index < -0.39 is 35.9 Å². The number of nitrogens with one attached hydrogen (secondary N) is 2. The zero-order valence-electron chi connectivity index (χ0n) is 14.7. The van der Waals surface area contributed by atoms with Crippen molar-refractivity contribution in [1.29, 1.82) is 0 Å². The fraction of sp³-hybridized carbons (Fsp3) is 0.500. The van der Waals surface area contributed by atoms with E-state index in [4.69, 9.17) is 14.2 Å². The number of ether oxygens (including phenoxy) is 3. The van der Waals surface area contributed by atoms with E-state index in [-0.39, 0.29) is 23.7 Å². The highest BCUT2D eigenvalue weighted by molar-refractivity contribution is 5.83. The Bertz CT molecular complexity index is 727. The molecule has 0 radical (unpaired) electrons. The second-order valence-corrected chi connectivity index (χ2v) is 5.65. The highest BCUT2D eigenvalue weighted by Crippen LogP contribution is 2.46. The molecule has 2 amide bonds. The van der Waals surface area contributed by atoms with Gasteiger partial charge >= 0.3 is 18.2 Å². The van der Waals surface area contributed by atoms with Crippen LogP contribution >= 0.6 is 0 Å². The van der Waals surface area contributed by atoms with E-state index in [0.717, 1.165) is 0 Å². The molecule has 1 heterocycles. The van der Waals surface area contributed by atoms with Crippen LogP contribution in [-0.2, 0) is 9.53 Å². The SMILES string of the molecule is CCOC(=O)[C@@H]1[C@H](c2cccc(OC)c2OC)NC(=O)N[C@@]1(O)C(F)(F)F. The van der Waals surface area contributed by atoms with Crippen molar-refractivity contribution in [1.82, 2.24) is 10.6 Å². The van der Waals surface area contributed by atoms with Gasteiger partial charge in [-0.3, -0.25) is 4.79 Å². The number of carbonyl (C=O) groups is 2. The first kappa shape index (κ1) is 20.6. The van der Waals surface area contributed by atoms with Gasteiger partial charge in [0.25, 0.3) is 5.72 Å². The number of para-hydroxylation sites is 1. The maximum Gasteiger partial charge on any atom is 0.437 e. The van der Waals surface area contributed by atoms with Crippen molar-refractivity contribution in [3.8, 4) is 11.5 Å². The van der Waals surface area contributed by atoms with Crippen LogP contribution in [0.4, 0.5) is 18.0 Å². The van der Waals surface area contributed by atoms with Crippen LogP contribution in [0.3, 0.4) is 0 Å². The molecule has 150 valence electrons. The third-order valence-corrected chi connectivity index (χ3v) is 4.12. The van der Waals surface area contributed by atoms with E-state index in [2.05, 4.69) is 5.32 Å². The van der Waals surface area contributed by atoms with Crippen LogP contribution < -0.4 is 20.1 Å². The molecular weight excluding hydrogens is 373 g/mol. The van der Waals surface area contributed by atoms with Gasteiger partial charge in [0.15, 0.2) is 11.5 Å². The molecule has 0 aromatic heterocycles. The fourth-order valence-corrected chi connectivity index (χ4v) is 2.95. The molecular formula is C16H19F3N2O6. The summed E-state index contributed by atoms with van der Waals surface area (Å²) >= 11 is 0. The summed E-state index contributed by atoms with van der Waals surface area (Å²) in [6.07, 6.45) is -5.35. The summed E-state index contributed by atoms with van der Waals surface area (Å²) in [6, 6.07) is 1.36. The van der Waals surface area contributed by atoms with Crippen LogP contribution in [-0.4, -0.2) is 49.8 Å². The number of esters is 1. The molecule has 1 aliphatic rings. The molecule has 2 rings (SSSR count). The number of aliphatic hydroxyl groups is 1. The molecule has 3 atom stereocenters. The van der Waals surface area contributed by atoms with E-state index in [1.165, 1.54) is 44.7 Å². The predicted molar refractivity (Wildman–Crippen MR) is 85.1 cm³/mol. The number of hydrogen-bond acceptors (Lipinski definition) is 6. The number of urea groups is 1. The Kier molecular flexibility index (Phi) is 5.73. The minimum Gasteiger partial charge on any atom is -0.493 e. The maximum atomic E-state index is 13.6. The zero-order valence-corrected chi connectivity index (χ0v) is 14.7. The average molecular weight is 392 g/mol. The lowest BCUT2D eigenvalue weighted by Gasteiger charge is -2.44. The summed E-state index contributed by atoms with van der Waals surface area (Å²) < 4.78 is 55.8. The highest BCUT2D eigenvalue weighted by Gasteiger charge is 2.67. The van der Waals surface area contributed by atoms with Gasteiger partial charge in [-0.1, -0.05) is 12.1 Å². The monoisotopic (exact) mass is 392 g/mol. The van der Waals surface area contributed by atoms with Gasteiger partial charge in [-0.25, -0.2) is 4.79 Å². The molecule has 1 saturated heterocycles. The molecule has 0 aliphatic carbocycles. The van der Waals surface area contributed by atoms with E-state index in [1.54, 1.807) is 0 Å². The van der Waals surface area contributed by atoms with Gasteiger partial charge in [0.05, 0.1) is 26.9 Å². The van der Waals surface area contributed by atoms with Crippen LogP contribution in [0.1, 0.15) is 18.5 Å². The summed E-state index contributed by atoms with van der Waals surface area (Å²) in [6.45, 7) is 1.18. The van der Waals surface area contributed by atoms with Crippen molar-refractivity contribution >= 4 is 12.0 Å². The van der Waals surface area contributed by atoms with E-state index in [0.29, 0.717) is 0 Å². The molecule has 0 bridgehead atoms. The molecule has 1 aliphatic heterocycles. The lowest BCUT2D eigenvalue weighted by atomic mass is 9.81. The Labute approximate surface area is 152 Å².